The molecule has 0 atom stereocenters. The van der Waals surface area contributed by atoms with Crippen molar-refractivity contribution in [2.75, 3.05) is 12.4 Å². The molecular weight excluding hydrogens is 448 g/mol. The second kappa shape index (κ2) is 9.01. The monoisotopic (exact) mass is 464 g/mol. The number of anilines is 1. The lowest BCUT2D eigenvalue weighted by Gasteiger charge is -2.08. The molecule has 0 aliphatic rings. The number of amides is 1. The molecule has 11 heteroatoms. The zero-order valence-electron chi connectivity index (χ0n) is 17.2. The molecule has 0 unspecified atom stereocenters. The van der Waals surface area contributed by atoms with Crippen LogP contribution in [0.1, 0.15) is 10.4 Å². The Morgan fingerprint density at radius 2 is 1.85 bits per heavy atom. The van der Waals surface area contributed by atoms with Gasteiger partial charge in [0, 0.05) is 28.8 Å². The fraction of sp³-hybridized carbons (Fsp3) is 0.0909. The fourth-order valence-electron chi connectivity index (χ4n) is 3.22. The van der Waals surface area contributed by atoms with Crippen LogP contribution in [0.2, 0.25) is 0 Å². The van der Waals surface area contributed by atoms with Crippen LogP contribution in [-0.4, -0.2) is 33.5 Å². The van der Waals surface area contributed by atoms with Crippen molar-refractivity contribution in [1.82, 2.24) is 9.55 Å². The van der Waals surface area contributed by atoms with Crippen LogP contribution in [0, 0.1) is 10.1 Å². The summed E-state index contributed by atoms with van der Waals surface area (Å²) in [6.45, 7) is -0.268. The summed E-state index contributed by atoms with van der Waals surface area (Å²) in [5.74, 6) is -0.936. The van der Waals surface area contributed by atoms with Crippen LogP contribution in [0.4, 0.5) is 11.4 Å². The molecule has 0 bridgehead atoms. The first-order valence-electron chi connectivity index (χ1n) is 9.57. The standard InChI is InChI=1S/C22H16N4O6S/c1-32-22(29)14-2-6-15(7-3-14)24-18(27)10-25-12-23-20-19(21(25)28)17(11-33-20)13-4-8-16(9-5-13)26(30)31/h2-9,11-12H,10H2,1H3,(H,24,27). The summed E-state index contributed by atoms with van der Waals surface area (Å²) in [6.07, 6.45) is 1.31. The molecule has 0 radical (unpaired) electrons. The third-order valence-electron chi connectivity index (χ3n) is 4.85. The molecule has 0 spiro atoms. The van der Waals surface area contributed by atoms with Crippen molar-refractivity contribution in [3.8, 4) is 11.1 Å². The highest BCUT2D eigenvalue weighted by atomic mass is 32.1. The summed E-state index contributed by atoms with van der Waals surface area (Å²) >= 11 is 1.27. The highest BCUT2D eigenvalue weighted by Crippen LogP contribution is 2.31. The maximum Gasteiger partial charge on any atom is 0.337 e. The van der Waals surface area contributed by atoms with Gasteiger partial charge in [-0.25, -0.2) is 9.78 Å². The van der Waals surface area contributed by atoms with E-state index >= 15 is 0 Å². The average molecular weight is 464 g/mol. The normalized spacial score (nSPS) is 10.7. The van der Waals surface area contributed by atoms with E-state index in [2.05, 4.69) is 15.0 Å². The van der Waals surface area contributed by atoms with Crippen LogP contribution in [0.3, 0.4) is 0 Å². The summed E-state index contributed by atoms with van der Waals surface area (Å²) in [5.41, 5.74) is 1.58. The SMILES string of the molecule is COC(=O)c1ccc(NC(=O)Cn2cnc3scc(-c4ccc([N+](=O)[O-])cc4)c3c2=O)cc1. The zero-order chi connectivity index (χ0) is 23.5. The fourth-order valence-corrected chi connectivity index (χ4v) is 4.12. The van der Waals surface area contributed by atoms with Gasteiger partial charge in [-0.2, -0.15) is 0 Å². The van der Waals surface area contributed by atoms with Gasteiger partial charge < -0.3 is 10.1 Å². The number of esters is 1. The Kier molecular flexibility index (Phi) is 5.96. The summed E-state index contributed by atoms with van der Waals surface area (Å²) in [6, 6.07) is 12.0. The molecule has 0 aliphatic carbocycles. The van der Waals surface area contributed by atoms with Gasteiger partial charge in [0.2, 0.25) is 5.91 Å². The molecule has 1 N–H and O–H groups in total. The molecule has 0 saturated heterocycles. The number of rotatable bonds is 6. The number of methoxy groups -OCH3 is 1. The average Bonchev–Trinajstić information content (AvgIpc) is 3.26. The first kappa shape index (κ1) is 21.8. The Bertz CT molecular complexity index is 1420. The molecule has 10 nitrogen and oxygen atoms in total. The lowest BCUT2D eigenvalue weighted by Crippen LogP contribution is -2.27. The Hall–Kier alpha value is -4.38. The lowest BCUT2D eigenvalue weighted by atomic mass is 10.1. The maximum absolute atomic E-state index is 13.1. The van der Waals surface area contributed by atoms with Crippen molar-refractivity contribution in [1.29, 1.82) is 0 Å². The van der Waals surface area contributed by atoms with E-state index in [4.69, 9.17) is 0 Å². The van der Waals surface area contributed by atoms with Gasteiger partial charge in [0.1, 0.15) is 11.4 Å². The minimum Gasteiger partial charge on any atom is -0.465 e. The molecule has 33 heavy (non-hydrogen) atoms. The quantitative estimate of drug-likeness (QED) is 0.262. The van der Waals surface area contributed by atoms with Crippen molar-refractivity contribution in [3.05, 3.63) is 86.3 Å². The summed E-state index contributed by atoms with van der Waals surface area (Å²) in [5, 5.41) is 15.7. The number of carbonyl (C=O) groups excluding carboxylic acids is 2. The van der Waals surface area contributed by atoms with Gasteiger partial charge in [-0.05, 0) is 42.0 Å². The molecular formula is C22H16N4O6S. The van der Waals surface area contributed by atoms with Gasteiger partial charge in [-0.1, -0.05) is 0 Å². The lowest BCUT2D eigenvalue weighted by molar-refractivity contribution is -0.384. The van der Waals surface area contributed by atoms with Crippen molar-refractivity contribution in [3.63, 3.8) is 0 Å². The van der Waals surface area contributed by atoms with Gasteiger partial charge >= 0.3 is 5.97 Å². The van der Waals surface area contributed by atoms with E-state index in [9.17, 15) is 24.5 Å². The first-order valence-corrected chi connectivity index (χ1v) is 10.4. The minimum atomic E-state index is -0.494. The van der Waals surface area contributed by atoms with Crippen LogP contribution in [0.25, 0.3) is 21.3 Å². The molecule has 166 valence electrons. The number of thiophene rings is 1. The molecule has 1 amide bonds. The number of nitro groups is 1. The van der Waals surface area contributed by atoms with E-state index in [1.165, 1.54) is 53.6 Å². The number of fused-ring (bicyclic) bond motifs is 1. The van der Waals surface area contributed by atoms with Crippen LogP contribution < -0.4 is 10.9 Å². The Morgan fingerprint density at radius 3 is 2.48 bits per heavy atom. The Morgan fingerprint density at radius 1 is 1.15 bits per heavy atom. The number of nitro benzene ring substituents is 1. The Balaban J connectivity index is 1.57. The van der Waals surface area contributed by atoms with Gasteiger partial charge in [-0.15, -0.1) is 11.3 Å². The largest absolute Gasteiger partial charge is 0.465 e. The third kappa shape index (κ3) is 4.48. The topological polar surface area (TPSA) is 133 Å². The van der Waals surface area contributed by atoms with Crippen molar-refractivity contribution >= 4 is 44.8 Å². The van der Waals surface area contributed by atoms with Crippen molar-refractivity contribution in [2.24, 2.45) is 0 Å². The molecule has 0 aliphatic heterocycles. The zero-order valence-corrected chi connectivity index (χ0v) is 18.0. The number of hydrogen-bond donors (Lipinski definition) is 1. The second-order valence-electron chi connectivity index (χ2n) is 6.93. The number of nitrogens with zero attached hydrogens (tertiary/aromatic N) is 3. The number of aromatic nitrogens is 2. The summed E-state index contributed by atoms with van der Waals surface area (Å²) in [7, 11) is 1.28. The highest BCUT2D eigenvalue weighted by molar-refractivity contribution is 7.17. The van der Waals surface area contributed by atoms with Crippen LogP contribution >= 0.6 is 11.3 Å². The molecule has 4 aromatic rings. The third-order valence-corrected chi connectivity index (χ3v) is 5.74. The number of hydrogen-bond acceptors (Lipinski definition) is 8. The predicted octanol–water partition coefficient (Wildman–Crippen LogP) is 3.46. The van der Waals surface area contributed by atoms with Crippen LogP contribution in [0.15, 0.2) is 65.0 Å². The van der Waals surface area contributed by atoms with Crippen molar-refractivity contribution in [2.45, 2.75) is 6.54 Å². The highest BCUT2D eigenvalue weighted by Gasteiger charge is 2.16. The van der Waals surface area contributed by atoms with E-state index in [0.29, 0.717) is 32.6 Å². The first-order chi connectivity index (χ1) is 15.9. The van der Waals surface area contributed by atoms with Gasteiger partial charge in [0.05, 0.1) is 29.3 Å². The number of carbonyl (C=O) groups is 2. The minimum absolute atomic E-state index is 0.0508. The summed E-state index contributed by atoms with van der Waals surface area (Å²) in [4.78, 5) is 52.3. The number of benzene rings is 2. The second-order valence-corrected chi connectivity index (χ2v) is 7.79. The van der Waals surface area contributed by atoms with Gasteiger partial charge in [-0.3, -0.25) is 24.3 Å². The smallest absolute Gasteiger partial charge is 0.337 e. The molecule has 0 fully saturated rings. The molecule has 2 heterocycles. The molecule has 4 rings (SSSR count). The Labute approximate surface area is 190 Å². The molecule has 2 aromatic carbocycles. The van der Waals surface area contributed by atoms with E-state index in [-0.39, 0.29) is 12.2 Å². The van der Waals surface area contributed by atoms with E-state index in [1.807, 2.05) is 0 Å². The van der Waals surface area contributed by atoms with Gasteiger partial charge in [0.25, 0.3) is 11.2 Å². The van der Waals surface area contributed by atoms with E-state index < -0.39 is 22.4 Å². The maximum atomic E-state index is 13.1. The number of nitrogens with one attached hydrogen (secondary N) is 1. The van der Waals surface area contributed by atoms with Gasteiger partial charge in [0.15, 0.2) is 0 Å². The van der Waals surface area contributed by atoms with Crippen LogP contribution in [0.5, 0.6) is 0 Å². The van der Waals surface area contributed by atoms with E-state index in [1.54, 1.807) is 29.6 Å². The van der Waals surface area contributed by atoms with E-state index in [0.717, 1.165) is 0 Å². The van der Waals surface area contributed by atoms with Crippen molar-refractivity contribution < 1.29 is 19.2 Å². The number of ether oxygens (including phenoxy) is 1. The molecule has 0 saturated carbocycles. The van der Waals surface area contributed by atoms with Crippen LogP contribution in [-0.2, 0) is 16.1 Å². The molecule has 2 aromatic heterocycles. The number of non-ortho nitro benzene ring substituents is 1. The predicted molar refractivity (Wildman–Crippen MR) is 122 cm³/mol. The summed E-state index contributed by atoms with van der Waals surface area (Å²) < 4.78 is 5.83.